The Morgan fingerprint density at radius 3 is 2.69 bits per heavy atom. The summed E-state index contributed by atoms with van der Waals surface area (Å²) in [6.07, 6.45) is 5.70. The van der Waals surface area contributed by atoms with Crippen LogP contribution in [-0.2, 0) is 18.9 Å². The van der Waals surface area contributed by atoms with Crippen molar-refractivity contribution in [3.8, 4) is 0 Å². The highest BCUT2D eigenvalue weighted by Crippen LogP contribution is 2.65. The highest BCUT2D eigenvalue weighted by Gasteiger charge is 2.68. The van der Waals surface area contributed by atoms with Crippen LogP contribution in [0.15, 0.2) is 5.16 Å². The lowest BCUT2D eigenvalue weighted by Gasteiger charge is -2.64. The van der Waals surface area contributed by atoms with Gasteiger partial charge in [-0.05, 0) is 62.2 Å². The van der Waals surface area contributed by atoms with E-state index in [2.05, 4.69) is 45.1 Å². The second kappa shape index (κ2) is 6.71. The van der Waals surface area contributed by atoms with Crippen LogP contribution in [0.5, 0.6) is 0 Å². The quantitative estimate of drug-likeness (QED) is 0.692. The van der Waals surface area contributed by atoms with Gasteiger partial charge in [0.25, 0.3) is 5.91 Å². The van der Waals surface area contributed by atoms with Gasteiger partial charge < -0.3 is 19.5 Å². The summed E-state index contributed by atoms with van der Waals surface area (Å²) in [6.45, 7) is 11.3. The second-order valence-electron chi connectivity index (χ2n) is 11.2. The Labute approximate surface area is 174 Å². The number of carbonyl (C=O) groups excluding carboxylic acids is 1. The molecule has 6 rings (SSSR count). The molecule has 0 spiro atoms. The first-order valence-electron chi connectivity index (χ1n) is 11.5. The van der Waals surface area contributed by atoms with Crippen molar-refractivity contribution < 1.29 is 18.9 Å². The minimum absolute atomic E-state index is 0.0908. The number of rotatable bonds is 6. The van der Waals surface area contributed by atoms with Crippen LogP contribution >= 0.6 is 0 Å². The molecular formula is C22H35BN2O4. The molecule has 5 fully saturated rings. The first kappa shape index (κ1) is 19.9. The largest absolute Gasteiger partial charge is 0.481 e. The number of hydrogen-bond donors (Lipinski definition) is 1. The molecule has 6 atom stereocenters. The summed E-state index contributed by atoms with van der Waals surface area (Å²) >= 11 is 0. The molecule has 4 aliphatic carbocycles. The number of amides is 1. The minimum atomic E-state index is -0.508. The molecule has 1 unspecified atom stereocenters. The molecule has 0 aromatic heterocycles. The van der Waals surface area contributed by atoms with Crippen LogP contribution in [0, 0.1) is 29.1 Å². The highest BCUT2D eigenvalue weighted by molar-refractivity contribution is 6.47. The van der Waals surface area contributed by atoms with Gasteiger partial charge in [0.1, 0.15) is 0 Å². The van der Waals surface area contributed by atoms with Gasteiger partial charge >= 0.3 is 7.12 Å². The van der Waals surface area contributed by atoms with Crippen molar-refractivity contribution in [2.75, 3.05) is 0 Å². The maximum atomic E-state index is 12.9. The standard InChI is InChI=1S/C22H35BN2O4/c1-12(2)8-19(24-20(26)16-11-15(25-28-16)13-6-7-13)23-27-18-10-14-9-17(21(14,3)4)22(18,5)29-23/h12-14,16-19H,6-11H2,1-5H3,(H,24,26)/t14-,16?,17-,18+,19-,22-/m0/s1. The number of carbonyl (C=O) groups is 1. The second-order valence-corrected chi connectivity index (χ2v) is 11.2. The molecule has 29 heavy (non-hydrogen) atoms. The van der Waals surface area contributed by atoms with Gasteiger partial charge in [-0.15, -0.1) is 0 Å². The fourth-order valence-corrected chi connectivity index (χ4v) is 6.29. The van der Waals surface area contributed by atoms with Gasteiger partial charge in [-0.25, -0.2) is 0 Å². The number of oxime groups is 1. The number of nitrogens with one attached hydrogen (secondary N) is 1. The zero-order valence-electron chi connectivity index (χ0n) is 18.4. The lowest BCUT2D eigenvalue weighted by molar-refractivity contribution is -0.199. The zero-order valence-corrected chi connectivity index (χ0v) is 18.4. The third-order valence-corrected chi connectivity index (χ3v) is 8.38. The Bertz CT molecular complexity index is 722. The molecule has 2 aliphatic heterocycles. The third-order valence-electron chi connectivity index (χ3n) is 8.38. The van der Waals surface area contributed by atoms with E-state index in [4.69, 9.17) is 14.1 Å². The Morgan fingerprint density at radius 1 is 1.28 bits per heavy atom. The lowest BCUT2D eigenvalue weighted by atomic mass is 9.43. The van der Waals surface area contributed by atoms with Crippen molar-refractivity contribution in [1.82, 2.24) is 5.32 Å². The van der Waals surface area contributed by atoms with Crippen molar-refractivity contribution in [3.63, 3.8) is 0 Å². The molecule has 2 bridgehead atoms. The molecule has 160 valence electrons. The Balaban J connectivity index is 1.26. The van der Waals surface area contributed by atoms with E-state index in [-0.39, 0.29) is 23.6 Å². The van der Waals surface area contributed by atoms with Crippen molar-refractivity contribution in [2.24, 2.45) is 34.2 Å². The van der Waals surface area contributed by atoms with E-state index in [0.29, 0.717) is 29.6 Å². The van der Waals surface area contributed by atoms with Crippen LogP contribution in [0.2, 0.25) is 0 Å². The lowest BCUT2D eigenvalue weighted by Crippen LogP contribution is -2.65. The molecular weight excluding hydrogens is 367 g/mol. The van der Waals surface area contributed by atoms with Gasteiger partial charge in [-0.1, -0.05) is 32.9 Å². The molecule has 6 nitrogen and oxygen atoms in total. The summed E-state index contributed by atoms with van der Waals surface area (Å²) in [5, 5.41) is 7.36. The molecule has 7 heteroatoms. The molecule has 4 saturated carbocycles. The fraction of sp³-hybridized carbons (Fsp3) is 0.909. The summed E-state index contributed by atoms with van der Waals surface area (Å²) in [5.41, 5.74) is 1.11. The van der Waals surface area contributed by atoms with Crippen molar-refractivity contribution in [3.05, 3.63) is 0 Å². The predicted molar refractivity (Wildman–Crippen MR) is 111 cm³/mol. The monoisotopic (exact) mass is 402 g/mol. The molecule has 0 radical (unpaired) electrons. The predicted octanol–water partition coefficient (Wildman–Crippen LogP) is 3.34. The summed E-state index contributed by atoms with van der Waals surface area (Å²) in [6, 6.07) is 0. The van der Waals surface area contributed by atoms with Gasteiger partial charge in [-0.3, -0.25) is 4.79 Å². The molecule has 0 aromatic rings. The van der Waals surface area contributed by atoms with Crippen LogP contribution < -0.4 is 5.32 Å². The van der Waals surface area contributed by atoms with E-state index in [9.17, 15) is 4.79 Å². The van der Waals surface area contributed by atoms with Gasteiger partial charge in [-0.2, -0.15) is 0 Å². The van der Waals surface area contributed by atoms with Crippen molar-refractivity contribution in [2.45, 2.75) is 96.9 Å². The Morgan fingerprint density at radius 2 is 2.03 bits per heavy atom. The van der Waals surface area contributed by atoms with Crippen LogP contribution in [-0.4, -0.2) is 42.5 Å². The molecule has 1 N–H and O–H groups in total. The average Bonchev–Trinajstić information content (AvgIpc) is 3.25. The molecule has 6 aliphatic rings. The van der Waals surface area contributed by atoms with E-state index in [1.807, 2.05) is 0 Å². The third kappa shape index (κ3) is 3.23. The molecule has 2 heterocycles. The molecule has 1 saturated heterocycles. The van der Waals surface area contributed by atoms with E-state index < -0.39 is 13.2 Å². The smallest absolute Gasteiger partial charge is 0.404 e. The highest BCUT2D eigenvalue weighted by atomic mass is 16.7. The van der Waals surface area contributed by atoms with E-state index in [0.717, 1.165) is 24.5 Å². The fourth-order valence-electron chi connectivity index (χ4n) is 6.29. The maximum Gasteiger partial charge on any atom is 0.481 e. The average molecular weight is 402 g/mol. The first-order valence-corrected chi connectivity index (χ1v) is 11.5. The van der Waals surface area contributed by atoms with Crippen molar-refractivity contribution >= 4 is 18.7 Å². The van der Waals surface area contributed by atoms with Crippen molar-refractivity contribution in [1.29, 1.82) is 0 Å². The maximum absolute atomic E-state index is 12.9. The number of hydrogen-bond acceptors (Lipinski definition) is 5. The van der Waals surface area contributed by atoms with Crippen LogP contribution in [0.3, 0.4) is 0 Å². The van der Waals surface area contributed by atoms with Gasteiger partial charge in [0.2, 0.25) is 6.10 Å². The summed E-state index contributed by atoms with van der Waals surface area (Å²) < 4.78 is 13.1. The van der Waals surface area contributed by atoms with Gasteiger partial charge in [0, 0.05) is 12.3 Å². The SMILES string of the molecule is CC(C)C[C@H](NC(=O)C1CC(C2CC2)=NO1)B1O[C@@H]2C[C@@H]3C[C@@H](C3(C)C)[C@]2(C)O1. The van der Waals surface area contributed by atoms with Gasteiger partial charge in [0.05, 0.1) is 23.4 Å². The topological polar surface area (TPSA) is 69.2 Å². The minimum Gasteiger partial charge on any atom is -0.404 e. The normalized spacial score (nSPS) is 40.8. The summed E-state index contributed by atoms with van der Waals surface area (Å²) in [4.78, 5) is 18.4. The number of nitrogens with zero attached hydrogens (tertiary/aromatic N) is 1. The van der Waals surface area contributed by atoms with E-state index >= 15 is 0 Å². The Kier molecular flexibility index (Phi) is 4.60. The van der Waals surface area contributed by atoms with Crippen LogP contribution in [0.4, 0.5) is 0 Å². The van der Waals surface area contributed by atoms with Gasteiger partial charge in [0.15, 0.2) is 0 Å². The Hall–Kier alpha value is -1.08. The summed E-state index contributed by atoms with van der Waals surface area (Å²) in [5.74, 6) is 1.95. The van der Waals surface area contributed by atoms with Crippen LogP contribution in [0.1, 0.15) is 73.1 Å². The zero-order chi connectivity index (χ0) is 20.6. The molecule has 1 amide bonds. The van der Waals surface area contributed by atoms with Crippen LogP contribution in [0.25, 0.3) is 0 Å². The first-order chi connectivity index (χ1) is 13.7. The molecule has 0 aromatic carbocycles. The van der Waals surface area contributed by atoms with E-state index in [1.165, 1.54) is 19.3 Å². The van der Waals surface area contributed by atoms with E-state index in [1.54, 1.807) is 0 Å². The summed E-state index contributed by atoms with van der Waals surface area (Å²) in [7, 11) is -0.392.